The summed E-state index contributed by atoms with van der Waals surface area (Å²) in [7, 11) is -4.38. The number of benzene rings is 1. The molecule has 0 amide bonds. The lowest BCUT2D eigenvalue weighted by Crippen LogP contribution is -2.41. The van der Waals surface area contributed by atoms with Crippen molar-refractivity contribution in [3.8, 4) is 11.8 Å². The normalized spacial score (nSPS) is 23.8. The van der Waals surface area contributed by atoms with Gasteiger partial charge in [0.05, 0.1) is 18.9 Å². The molecule has 3 heterocycles. The standard InChI is InChI=1S/C29H38N5O8PS/c1-27(2,3)18-7-9-19(10-8-18)42-43(38,39-13-14-44-26(37)28(4,5)6)40-15-21-23(35)24(36)29(16-30,41-21)22-12-11-20-25(31)32-17-33-34(20)22/h7-12,17,21,23-24,35-36H,13-15H2,1-6H3,(H2,31,32,33)/t21-,23-,24-,29+,43?/m1/s1. The summed E-state index contributed by atoms with van der Waals surface area (Å²) < 4.78 is 38.0. The number of rotatable bonds is 10. The lowest BCUT2D eigenvalue weighted by atomic mass is 9.87. The smallest absolute Gasteiger partial charge is 0.404 e. The molecule has 4 N–H and O–H groups in total. The van der Waals surface area contributed by atoms with Crippen molar-refractivity contribution >= 4 is 36.0 Å². The van der Waals surface area contributed by atoms with Crippen LogP contribution in [0, 0.1) is 16.7 Å². The molecular weight excluding hydrogens is 609 g/mol. The number of nitrogen functional groups attached to an aromatic ring is 1. The topological polar surface area (TPSA) is 192 Å². The minimum atomic E-state index is -4.38. The third-order valence-corrected chi connectivity index (χ3v) is 9.64. The van der Waals surface area contributed by atoms with Gasteiger partial charge in [-0.1, -0.05) is 65.4 Å². The number of nitrogens with zero attached hydrogens (tertiary/aromatic N) is 4. The highest BCUT2D eigenvalue weighted by Gasteiger charge is 2.58. The zero-order chi connectivity index (χ0) is 32.5. The number of hydrogen-bond acceptors (Lipinski definition) is 13. The van der Waals surface area contributed by atoms with Gasteiger partial charge in [0, 0.05) is 11.2 Å². The summed E-state index contributed by atoms with van der Waals surface area (Å²) in [5.41, 5.74) is 4.64. The van der Waals surface area contributed by atoms with Crippen LogP contribution >= 0.6 is 19.6 Å². The number of carbonyl (C=O) groups excluding carboxylic acids is 1. The number of phosphoric acid groups is 1. The van der Waals surface area contributed by atoms with Crippen LogP contribution < -0.4 is 10.3 Å². The number of nitriles is 1. The van der Waals surface area contributed by atoms with Gasteiger partial charge < -0.3 is 25.2 Å². The first-order chi connectivity index (χ1) is 20.5. The average Bonchev–Trinajstić information content (AvgIpc) is 3.50. The van der Waals surface area contributed by atoms with E-state index in [1.807, 2.05) is 18.2 Å². The van der Waals surface area contributed by atoms with E-state index in [2.05, 4.69) is 30.9 Å². The van der Waals surface area contributed by atoms with Gasteiger partial charge in [-0.3, -0.25) is 13.8 Å². The van der Waals surface area contributed by atoms with Crippen LogP contribution in [0.3, 0.4) is 0 Å². The number of anilines is 1. The molecule has 5 atom stereocenters. The summed E-state index contributed by atoms with van der Waals surface area (Å²) in [4.78, 5) is 16.2. The average molecular weight is 648 g/mol. The summed E-state index contributed by atoms with van der Waals surface area (Å²) in [6.07, 6.45) is -3.50. The molecule has 0 bridgehead atoms. The molecule has 0 aliphatic carbocycles. The van der Waals surface area contributed by atoms with Crippen LogP contribution in [-0.4, -0.2) is 67.2 Å². The Morgan fingerprint density at radius 2 is 1.84 bits per heavy atom. The van der Waals surface area contributed by atoms with Crippen LogP contribution in [0.4, 0.5) is 5.82 Å². The van der Waals surface area contributed by atoms with Gasteiger partial charge in [-0.25, -0.2) is 14.1 Å². The fourth-order valence-corrected chi connectivity index (χ4v) is 6.56. The van der Waals surface area contributed by atoms with Crippen molar-refractivity contribution in [2.45, 2.75) is 70.9 Å². The molecule has 1 aliphatic rings. The number of aromatic nitrogens is 3. The van der Waals surface area contributed by atoms with Gasteiger partial charge in [0.2, 0.25) is 5.60 Å². The number of thioether (sulfide) groups is 1. The van der Waals surface area contributed by atoms with E-state index in [-0.39, 0.29) is 40.2 Å². The van der Waals surface area contributed by atoms with E-state index in [9.17, 15) is 24.8 Å². The number of fused-ring (bicyclic) bond motifs is 1. The van der Waals surface area contributed by atoms with Gasteiger partial charge in [-0.05, 0) is 35.2 Å². The lowest BCUT2D eigenvalue weighted by Gasteiger charge is -2.24. The molecule has 1 aromatic carbocycles. The molecule has 0 spiro atoms. The first kappa shape index (κ1) is 33.9. The highest BCUT2D eigenvalue weighted by Crippen LogP contribution is 2.51. The third-order valence-electron chi connectivity index (χ3n) is 7.00. The first-order valence-corrected chi connectivity index (χ1v) is 16.4. The van der Waals surface area contributed by atoms with Crippen molar-refractivity contribution in [1.82, 2.24) is 14.6 Å². The Morgan fingerprint density at radius 3 is 2.45 bits per heavy atom. The second-order valence-corrected chi connectivity index (χ2v) is 15.1. The molecule has 44 heavy (non-hydrogen) atoms. The third kappa shape index (κ3) is 7.10. The molecule has 1 saturated heterocycles. The van der Waals surface area contributed by atoms with Crippen LogP contribution in [0.1, 0.15) is 52.8 Å². The number of hydrogen-bond donors (Lipinski definition) is 3. The van der Waals surface area contributed by atoms with Gasteiger partial charge in [-0.2, -0.15) is 10.4 Å². The highest BCUT2D eigenvalue weighted by molar-refractivity contribution is 8.13. The van der Waals surface area contributed by atoms with E-state index in [0.29, 0.717) is 5.52 Å². The molecule has 3 aromatic rings. The van der Waals surface area contributed by atoms with E-state index in [0.717, 1.165) is 17.3 Å². The zero-order valence-corrected chi connectivity index (χ0v) is 27.2. The Bertz CT molecular complexity index is 1580. The fraction of sp³-hybridized carbons (Fsp3) is 0.517. The predicted molar refractivity (Wildman–Crippen MR) is 164 cm³/mol. The molecule has 0 radical (unpaired) electrons. The van der Waals surface area contributed by atoms with E-state index >= 15 is 0 Å². The van der Waals surface area contributed by atoms with Crippen molar-refractivity contribution in [1.29, 1.82) is 5.26 Å². The minimum Gasteiger partial charge on any atom is -0.404 e. The summed E-state index contributed by atoms with van der Waals surface area (Å²) >= 11 is 1.03. The Kier molecular flexibility index (Phi) is 9.83. The Balaban J connectivity index is 1.53. The van der Waals surface area contributed by atoms with E-state index < -0.39 is 43.8 Å². The van der Waals surface area contributed by atoms with Gasteiger partial charge in [0.15, 0.2) is 10.9 Å². The van der Waals surface area contributed by atoms with Gasteiger partial charge in [0.1, 0.15) is 42.0 Å². The minimum absolute atomic E-state index is 0.0650. The Hall–Kier alpha value is -3.02. The molecule has 1 unspecified atom stereocenters. The predicted octanol–water partition coefficient (Wildman–Crippen LogP) is 3.97. The zero-order valence-electron chi connectivity index (χ0n) is 25.5. The molecular formula is C29H38N5O8PS. The van der Waals surface area contributed by atoms with E-state index in [1.54, 1.807) is 39.0 Å². The summed E-state index contributed by atoms with van der Waals surface area (Å²) in [6.45, 7) is 10.8. The second kappa shape index (κ2) is 12.8. The van der Waals surface area contributed by atoms with Crippen LogP contribution in [-0.2, 0) is 34.2 Å². The van der Waals surface area contributed by atoms with Crippen LogP contribution in [0.5, 0.6) is 5.75 Å². The number of carbonyl (C=O) groups is 1. The maximum atomic E-state index is 13.9. The number of nitrogens with two attached hydrogens (primary N) is 1. The summed E-state index contributed by atoms with van der Waals surface area (Å²) in [5, 5.41) is 36.1. The molecule has 2 aromatic heterocycles. The van der Waals surface area contributed by atoms with Crippen molar-refractivity contribution in [2.24, 2.45) is 5.41 Å². The molecule has 13 nitrogen and oxygen atoms in total. The van der Waals surface area contributed by atoms with Crippen molar-refractivity contribution in [2.75, 3.05) is 24.7 Å². The Labute approximate surface area is 260 Å². The molecule has 15 heteroatoms. The van der Waals surface area contributed by atoms with Gasteiger partial charge in [-0.15, -0.1) is 0 Å². The largest absolute Gasteiger partial charge is 0.530 e. The van der Waals surface area contributed by atoms with Crippen molar-refractivity contribution in [3.63, 3.8) is 0 Å². The van der Waals surface area contributed by atoms with Crippen molar-refractivity contribution < 1.29 is 37.9 Å². The molecule has 4 rings (SSSR count). The van der Waals surface area contributed by atoms with Crippen LogP contribution in [0.2, 0.25) is 0 Å². The first-order valence-electron chi connectivity index (χ1n) is 13.9. The number of ether oxygens (including phenoxy) is 1. The second-order valence-electron chi connectivity index (χ2n) is 12.4. The monoisotopic (exact) mass is 647 g/mol. The van der Waals surface area contributed by atoms with Gasteiger partial charge in [0.25, 0.3) is 0 Å². The van der Waals surface area contributed by atoms with Gasteiger partial charge >= 0.3 is 7.82 Å². The summed E-state index contributed by atoms with van der Waals surface area (Å²) in [6, 6.07) is 11.9. The highest BCUT2D eigenvalue weighted by atomic mass is 32.2. The lowest BCUT2D eigenvalue weighted by molar-refractivity contribution is -0.117. The molecule has 1 fully saturated rings. The maximum Gasteiger partial charge on any atom is 0.530 e. The number of phosphoric ester groups is 1. The number of aliphatic hydroxyl groups excluding tert-OH is 2. The molecule has 0 saturated carbocycles. The molecule has 1 aliphatic heterocycles. The van der Waals surface area contributed by atoms with Crippen LogP contribution in [0.25, 0.3) is 5.52 Å². The van der Waals surface area contributed by atoms with Crippen LogP contribution in [0.15, 0.2) is 42.7 Å². The van der Waals surface area contributed by atoms with Crippen molar-refractivity contribution in [3.05, 3.63) is 54.0 Å². The SMILES string of the molecule is CC(C)(C)C(=O)SCCOP(=O)(OC[C@H]1O[C@@](C#N)(c2ccc3c(N)ncnn23)[C@H](O)[C@@H]1O)Oc1ccc(C(C)(C)C)cc1. The summed E-state index contributed by atoms with van der Waals surface area (Å²) in [5.74, 6) is 0.525. The molecule has 238 valence electrons. The Morgan fingerprint density at radius 1 is 1.16 bits per heavy atom. The van der Waals surface area contributed by atoms with E-state index in [4.69, 9.17) is 24.0 Å². The van der Waals surface area contributed by atoms with E-state index in [1.165, 1.54) is 16.9 Å². The fourth-order valence-electron chi connectivity index (χ4n) is 4.45. The quantitative estimate of drug-likeness (QED) is 0.212. The number of aliphatic hydroxyl groups is 2. The maximum absolute atomic E-state index is 13.9.